The van der Waals surface area contributed by atoms with Gasteiger partial charge in [0.1, 0.15) is 11.6 Å². The lowest BCUT2D eigenvalue weighted by Crippen LogP contribution is -2.19. The second kappa shape index (κ2) is 5.64. The quantitative estimate of drug-likeness (QED) is 0.807. The zero-order valence-corrected chi connectivity index (χ0v) is 10.6. The first kappa shape index (κ1) is 13.9. The summed E-state index contributed by atoms with van der Waals surface area (Å²) < 4.78 is 33.2. The van der Waals surface area contributed by atoms with Gasteiger partial charge in [0.15, 0.2) is 0 Å². The Labute approximate surface area is 113 Å². The van der Waals surface area contributed by atoms with E-state index in [-0.39, 0.29) is 17.7 Å². The number of nitrogens with zero attached hydrogens (tertiary/aromatic N) is 1. The number of hydrogen-bond donors (Lipinski definition) is 0. The van der Waals surface area contributed by atoms with Crippen LogP contribution in [0.15, 0.2) is 41.3 Å². The maximum absolute atomic E-state index is 13.9. The molecular formula is C14H11F2NO3. The second-order valence-electron chi connectivity index (χ2n) is 4.08. The van der Waals surface area contributed by atoms with Crippen molar-refractivity contribution in [3.05, 3.63) is 69.6 Å². The number of hydrogen-bond acceptors (Lipinski definition) is 3. The molecule has 1 aromatic heterocycles. The molecule has 0 amide bonds. The number of rotatable bonds is 3. The molecule has 2 rings (SSSR count). The Morgan fingerprint density at radius 1 is 1.25 bits per heavy atom. The van der Waals surface area contributed by atoms with Crippen molar-refractivity contribution in [2.75, 3.05) is 7.11 Å². The Bertz CT molecular complexity index is 710. The van der Waals surface area contributed by atoms with Crippen LogP contribution in [-0.4, -0.2) is 17.6 Å². The molecule has 0 saturated carbocycles. The van der Waals surface area contributed by atoms with E-state index in [2.05, 4.69) is 4.74 Å². The normalized spacial score (nSPS) is 10.3. The first-order valence-electron chi connectivity index (χ1n) is 5.74. The summed E-state index contributed by atoms with van der Waals surface area (Å²) in [4.78, 5) is 22.7. The molecule has 0 fully saturated rings. The molecule has 0 aliphatic carbocycles. The van der Waals surface area contributed by atoms with E-state index in [1.807, 2.05) is 0 Å². The van der Waals surface area contributed by atoms with E-state index in [4.69, 9.17) is 0 Å². The van der Waals surface area contributed by atoms with Crippen LogP contribution in [0.4, 0.5) is 8.78 Å². The summed E-state index contributed by atoms with van der Waals surface area (Å²) in [5.74, 6) is -2.62. The molecule has 2 aromatic rings. The minimum absolute atomic E-state index is 0.0246. The number of methoxy groups -OCH3 is 1. The number of ether oxygens (including phenoxy) is 1. The average Bonchev–Trinajstić information content (AvgIpc) is 2.44. The molecule has 0 bridgehead atoms. The fraction of sp³-hybridized carbons (Fsp3) is 0.143. The van der Waals surface area contributed by atoms with Gasteiger partial charge in [-0.15, -0.1) is 0 Å². The smallest absolute Gasteiger partial charge is 0.340 e. The first-order valence-corrected chi connectivity index (χ1v) is 5.74. The third-order valence-corrected chi connectivity index (χ3v) is 2.78. The van der Waals surface area contributed by atoms with Crippen molar-refractivity contribution in [2.45, 2.75) is 6.54 Å². The molecule has 0 N–H and O–H groups in total. The summed E-state index contributed by atoms with van der Waals surface area (Å²) in [7, 11) is 1.08. The van der Waals surface area contributed by atoms with Crippen LogP contribution in [0.3, 0.4) is 0 Å². The van der Waals surface area contributed by atoms with E-state index < -0.39 is 23.2 Å². The van der Waals surface area contributed by atoms with Gasteiger partial charge in [0, 0.05) is 17.8 Å². The summed E-state index contributed by atoms with van der Waals surface area (Å²) in [6.07, 6.45) is 1.47. The summed E-state index contributed by atoms with van der Waals surface area (Å²) in [6, 6.07) is 6.14. The fourth-order valence-electron chi connectivity index (χ4n) is 1.75. The highest BCUT2D eigenvalue weighted by Crippen LogP contribution is 2.16. The van der Waals surface area contributed by atoms with Gasteiger partial charge in [-0.05, 0) is 18.2 Å². The Morgan fingerprint density at radius 2 is 2.00 bits per heavy atom. The lowest BCUT2D eigenvalue weighted by Gasteiger charge is -2.08. The standard InChI is InChI=1S/C14H11F2NO3/c1-20-14(19)10-7-11(15)9(6-12(10)16)8-17-5-3-2-4-13(17)18/h2-7H,8H2,1H3. The third kappa shape index (κ3) is 2.74. The number of halogens is 2. The molecule has 0 unspecified atom stereocenters. The predicted octanol–water partition coefficient (Wildman–Crippen LogP) is 1.96. The van der Waals surface area contributed by atoms with Gasteiger partial charge in [0.05, 0.1) is 19.2 Å². The van der Waals surface area contributed by atoms with Crippen LogP contribution in [0.5, 0.6) is 0 Å². The largest absolute Gasteiger partial charge is 0.465 e. The SMILES string of the molecule is COC(=O)c1cc(F)c(Cn2ccccc2=O)cc1F. The summed E-state index contributed by atoms with van der Waals surface area (Å²) >= 11 is 0. The van der Waals surface area contributed by atoms with Crippen molar-refractivity contribution in [1.29, 1.82) is 0 Å². The predicted molar refractivity (Wildman–Crippen MR) is 67.5 cm³/mol. The number of pyridine rings is 1. The van der Waals surface area contributed by atoms with Gasteiger partial charge in [0.25, 0.3) is 5.56 Å². The van der Waals surface area contributed by atoms with Gasteiger partial charge in [-0.1, -0.05) is 6.07 Å². The monoisotopic (exact) mass is 279 g/mol. The van der Waals surface area contributed by atoms with Crippen LogP contribution in [0.1, 0.15) is 15.9 Å². The number of aromatic nitrogens is 1. The van der Waals surface area contributed by atoms with Crippen molar-refractivity contribution < 1.29 is 18.3 Å². The number of carbonyl (C=O) groups is 1. The molecule has 4 nitrogen and oxygen atoms in total. The minimum atomic E-state index is -0.954. The fourth-order valence-corrected chi connectivity index (χ4v) is 1.75. The van der Waals surface area contributed by atoms with Crippen molar-refractivity contribution in [1.82, 2.24) is 4.57 Å². The topological polar surface area (TPSA) is 48.3 Å². The lowest BCUT2D eigenvalue weighted by atomic mass is 10.1. The van der Waals surface area contributed by atoms with E-state index in [9.17, 15) is 18.4 Å². The minimum Gasteiger partial charge on any atom is -0.465 e. The van der Waals surface area contributed by atoms with Gasteiger partial charge in [-0.2, -0.15) is 0 Å². The number of carbonyl (C=O) groups excluding carboxylic acids is 1. The maximum atomic E-state index is 13.9. The lowest BCUT2D eigenvalue weighted by molar-refractivity contribution is 0.0595. The molecular weight excluding hydrogens is 268 g/mol. The summed E-state index contributed by atoms with van der Waals surface area (Å²) in [6.45, 7) is -0.121. The van der Waals surface area contributed by atoms with Crippen molar-refractivity contribution in [2.24, 2.45) is 0 Å². The second-order valence-corrected chi connectivity index (χ2v) is 4.08. The van der Waals surface area contributed by atoms with E-state index in [1.54, 1.807) is 12.1 Å². The summed E-state index contributed by atoms with van der Waals surface area (Å²) in [5, 5.41) is 0. The zero-order chi connectivity index (χ0) is 14.7. The van der Waals surface area contributed by atoms with E-state index in [0.29, 0.717) is 0 Å². The number of esters is 1. The van der Waals surface area contributed by atoms with Crippen LogP contribution >= 0.6 is 0 Å². The van der Waals surface area contributed by atoms with Crippen molar-refractivity contribution in [3.63, 3.8) is 0 Å². The average molecular weight is 279 g/mol. The molecule has 20 heavy (non-hydrogen) atoms. The van der Waals surface area contributed by atoms with Crippen molar-refractivity contribution in [3.8, 4) is 0 Å². The Hall–Kier alpha value is -2.50. The molecule has 0 spiro atoms. The maximum Gasteiger partial charge on any atom is 0.340 e. The summed E-state index contributed by atoms with van der Waals surface area (Å²) in [5.41, 5.74) is -0.832. The molecule has 104 valence electrons. The van der Waals surface area contributed by atoms with Crippen LogP contribution in [0.2, 0.25) is 0 Å². The highest BCUT2D eigenvalue weighted by molar-refractivity contribution is 5.89. The van der Waals surface area contributed by atoms with Gasteiger partial charge in [-0.25, -0.2) is 13.6 Å². The van der Waals surface area contributed by atoms with E-state index in [0.717, 1.165) is 19.2 Å². The molecule has 6 heteroatoms. The van der Waals surface area contributed by atoms with Gasteiger partial charge in [-0.3, -0.25) is 4.79 Å². The molecule has 0 radical (unpaired) electrons. The molecule has 1 aromatic carbocycles. The Morgan fingerprint density at radius 3 is 2.65 bits per heavy atom. The van der Waals surface area contributed by atoms with E-state index >= 15 is 0 Å². The van der Waals surface area contributed by atoms with Crippen LogP contribution in [-0.2, 0) is 11.3 Å². The zero-order valence-electron chi connectivity index (χ0n) is 10.6. The highest BCUT2D eigenvalue weighted by atomic mass is 19.1. The van der Waals surface area contributed by atoms with Crippen molar-refractivity contribution >= 4 is 5.97 Å². The third-order valence-electron chi connectivity index (χ3n) is 2.78. The molecule has 0 saturated heterocycles. The number of benzene rings is 1. The molecule has 0 aliphatic rings. The molecule has 0 atom stereocenters. The highest BCUT2D eigenvalue weighted by Gasteiger charge is 2.16. The Kier molecular flexibility index (Phi) is 3.93. The Balaban J connectivity index is 2.40. The molecule has 1 heterocycles. The van der Waals surface area contributed by atoms with E-state index in [1.165, 1.54) is 16.8 Å². The van der Waals surface area contributed by atoms with Gasteiger partial charge >= 0.3 is 5.97 Å². The van der Waals surface area contributed by atoms with Crippen LogP contribution in [0.25, 0.3) is 0 Å². The van der Waals surface area contributed by atoms with Gasteiger partial charge < -0.3 is 9.30 Å². The van der Waals surface area contributed by atoms with Crippen LogP contribution in [0, 0.1) is 11.6 Å². The van der Waals surface area contributed by atoms with Crippen LogP contribution < -0.4 is 5.56 Å². The first-order chi connectivity index (χ1) is 9.52. The molecule has 0 aliphatic heterocycles. The van der Waals surface area contributed by atoms with Gasteiger partial charge in [0.2, 0.25) is 0 Å².